The van der Waals surface area contributed by atoms with Crippen molar-refractivity contribution in [3.8, 4) is 22.3 Å². The summed E-state index contributed by atoms with van der Waals surface area (Å²) < 4.78 is 52.4. The smallest absolute Gasteiger partial charge is 0.419 e. The van der Waals surface area contributed by atoms with Crippen molar-refractivity contribution < 1.29 is 46.9 Å². The molecule has 4 atom stereocenters. The average Bonchev–Trinajstić information content (AvgIpc) is 3.94. The second kappa shape index (κ2) is 22.1. The van der Waals surface area contributed by atoms with Gasteiger partial charge in [-0.25, -0.2) is 9.97 Å². The molecular weight excluding hydrogens is 938 g/mol. The highest BCUT2D eigenvalue weighted by atomic mass is 32.1. The predicted octanol–water partition coefficient (Wildman–Crippen LogP) is 7.98. The van der Waals surface area contributed by atoms with Crippen LogP contribution in [-0.2, 0) is 25.3 Å². The number of likely N-dealkylation sites (tertiary alicyclic amines) is 1. The van der Waals surface area contributed by atoms with Gasteiger partial charge in [-0.15, -0.1) is 11.3 Å². The fraction of sp³-hybridized carbons (Fsp3) is 0.519. The van der Waals surface area contributed by atoms with Crippen molar-refractivity contribution in [2.24, 2.45) is 16.2 Å². The minimum atomic E-state index is -4.78. The van der Waals surface area contributed by atoms with E-state index in [0.29, 0.717) is 25.1 Å². The fourth-order valence-corrected chi connectivity index (χ4v) is 10.6. The molecule has 1 saturated carbocycles. The van der Waals surface area contributed by atoms with Crippen LogP contribution in [0.4, 0.5) is 18.9 Å². The van der Waals surface area contributed by atoms with E-state index in [1.165, 1.54) is 11.0 Å². The largest absolute Gasteiger partial charge is 0.488 e. The zero-order valence-electron chi connectivity index (χ0n) is 41.7. The van der Waals surface area contributed by atoms with Gasteiger partial charge in [0.25, 0.3) is 5.91 Å². The van der Waals surface area contributed by atoms with E-state index in [4.69, 9.17) is 14.7 Å². The number of hydrogen-bond donors (Lipinski definition) is 5. The summed E-state index contributed by atoms with van der Waals surface area (Å²) in [5.41, 5.74) is 1.98. The van der Waals surface area contributed by atoms with Gasteiger partial charge in [-0.3, -0.25) is 19.2 Å². The van der Waals surface area contributed by atoms with E-state index in [2.05, 4.69) is 31.2 Å². The van der Waals surface area contributed by atoms with Crippen LogP contribution in [0.2, 0.25) is 0 Å². The lowest BCUT2D eigenvalue weighted by Gasteiger charge is -2.63. The molecule has 0 bridgehead atoms. The van der Waals surface area contributed by atoms with Crippen LogP contribution in [0.15, 0.2) is 66.3 Å². The molecule has 1 saturated heterocycles. The molecule has 1 aliphatic carbocycles. The first-order valence-electron chi connectivity index (χ1n) is 23.8. The van der Waals surface area contributed by atoms with E-state index < -0.39 is 69.8 Å². The van der Waals surface area contributed by atoms with Gasteiger partial charge in [0.1, 0.15) is 36.6 Å². The number of aliphatic hydroxyl groups excluding tert-OH is 1. The van der Waals surface area contributed by atoms with Crippen LogP contribution < -0.4 is 26.0 Å². The topological polar surface area (TPSA) is 208 Å². The number of aliphatic hydroxyl groups is 1. The van der Waals surface area contributed by atoms with Crippen molar-refractivity contribution in [2.75, 3.05) is 31.6 Å². The normalized spacial score (nSPS) is 20.2. The molecule has 0 radical (unpaired) electrons. The van der Waals surface area contributed by atoms with Crippen LogP contribution in [0.1, 0.15) is 120 Å². The van der Waals surface area contributed by atoms with Gasteiger partial charge in [-0.05, 0) is 80.0 Å². The Labute approximate surface area is 417 Å². The lowest BCUT2D eigenvalue weighted by Crippen LogP contribution is -2.74. The number of nitriles is 1. The van der Waals surface area contributed by atoms with E-state index in [1.807, 2.05) is 86.6 Å². The second-order valence-electron chi connectivity index (χ2n) is 20.7. The molecule has 0 unspecified atom stereocenters. The second-order valence-corrected chi connectivity index (χ2v) is 21.6. The molecular formula is C52H65F3N8O7S. The van der Waals surface area contributed by atoms with Crippen LogP contribution >= 0.6 is 11.3 Å². The Morgan fingerprint density at radius 2 is 1.65 bits per heavy atom. The minimum Gasteiger partial charge on any atom is -0.488 e. The Balaban J connectivity index is 0.893. The number of β-amino-alcohol motifs (C(OH)–C–C–N with tert-alkyl or cyclic N) is 1. The van der Waals surface area contributed by atoms with E-state index in [-0.39, 0.29) is 49.2 Å². The Hall–Kier alpha value is -6.10. The Morgan fingerprint density at radius 3 is 2.25 bits per heavy atom. The first-order chi connectivity index (χ1) is 33.3. The zero-order valence-corrected chi connectivity index (χ0v) is 42.5. The van der Waals surface area contributed by atoms with Gasteiger partial charge in [0.05, 0.1) is 40.0 Å². The quantitative estimate of drug-likeness (QED) is 0.0569. The Bertz CT molecular complexity index is 2560. The number of thiazole rings is 1. The number of anilines is 1. The van der Waals surface area contributed by atoms with E-state index in [9.17, 15) is 37.5 Å². The molecule has 1 aliphatic heterocycles. The maximum absolute atomic E-state index is 14.1. The lowest BCUT2D eigenvalue weighted by molar-refractivity contribution is -0.165. The molecule has 2 aromatic carbocycles. The number of alkyl halides is 3. The van der Waals surface area contributed by atoms with Crippen LogP contribution in [0.5, 0.6) is 5.75 Å². The summed E-state index contributed by atoms with van der Waals surface area (Å²) in [5.74, 6) is -1.73. The first kappa shape index (κ1) is 54.2. The van der Waals surface area contributed by atoms with Crippen LogP contribution in [0, 0.1) is 34.5 Å². The van der Waals surface area contributed by atoms with Crippen molar-refractivity contribution >= 4 is 40.7 Å². The molecule has 5 N–H and O–H groups in total. The van der Waals surface area contributed by atoms with Gasteiger partial charge in [-0.1, -0.05) is 72.7 Å². The van der Waals surface area contributed by atoms with Gasteiger partial charge in [0.15, 0.2) is 5.69 Å². The van der Waals surface area contributed by atoms with Crippen molar-refractivity contribution in [2.45, 2.75) is 131 Å². The summed E-state index contributed by atoms with van der Waals surface area (Å²) in [6.07, 6.45) is -2.77. The van der Waals surface area contributed by atoms with Gasteiger partial charge in [0.2, 0.25) is 17.7 Å². The highest BCUT2D eigenvalue weighted by Gasteiger charge is 2.64. The van der Waals surface area contributed by atoms with Crippen LogP contribution in [0.25, 0.3) is 10.4 Å². The molecule has 2 fully saturated rings. The number of aromatic nitrogens is 2. The van der Waals surface area contributed by atoms with Gasteiger partial charge in [-0.2, -0.15) is 18.4 Å². The molecule has 15 nitrogen and oxygen atoms in total. The van der Waals surface area contributed by atoms with Crippen molar-refractivity contribution in [3.63, 3.8) is 0 Å². The molecule has 2 aromatic heterocycles. The number of nitrogens with zero attached hydrogens (tertiary/aromatic N) is 4. The molecule has 382 valence electrons. The van der Waals surface area contributed by atoms with Crippen molar-refractivity contribution in [3.05, 3.63) is 94.4 Å². The summed E-state index contributed by atoms with van der Waals surface area (Å²) in [7, 11) is 0. The first-order valence-corrected chi connectivity index (χ1v) is 24.7. The van der Waals surface area contributed by atoms with Gasteiger partial charge < -0.3 is 40.7 Å². The predicted molar refractivity (Wildman–Crippen MR) is 263 cm³/mol. The van der Waals surface area contributed by atoms with Crippen molar-refractivity contribution in [1.29, 1.82) is 5.26 Å². The van der Waals surface area contributed by atoms with E-state index in [1.54, 1.807) is 41.1 Å². The molecule has 19 heteroatoms. The standard InChI is InChI=1S/C52H65F3N8O7S/c1-30(32-13-15-33(16-14-32)42-31(2)59-29-71-42)60-45(67)40-23-36(64)27-63(40)46(68)43(49(3,4)5)61-41(65)28-69-22-12-10-11-21-57-35-19-17-34(18-20-35)44(66)62-47-50(6,7)48(51(47,8)9)70-37-24-38(52(53,54)55)39(25-56)58-26-37/h13-20,24,26,29-30,36,40,43,47-48,57,64H,10-12,21-23,27-28H2,1-9H3,(H,60,67)(H,61,65)(H,62,66)/t30-,36+,40-,43+,47-,48-/m0/s1. The van der Waals surface area contributed by atoms with E-state index in [0.717, 1.165) is 52.5 Å². The summed E-state index contributed by atoms with van der Waals surface area (Å²) >= 11 is 1.56. The third kappa shape index (κ3) is 12.9. The van der Waals surface area contributed by atoms with Gasteiger partial charge in [0, 0.05) is 54.2 Å². The number of carbonyl (C=O) groups is 4. The maximum atomic E-state index is 14.1. The number of nitrogens with one attached hydrogen (secondary N) is 4. The SMILES string of the molecule is Cc1ncsc1-c1ccc([C@H](C)NC(=O)[C@@H]2C[C@@H](O)CN2C(=O)[C@@H](NC(=O)COCCCCCNc2ccc(C(=O)N[C@H]3C(C)(C)[C@H](Oc4cnc(C#N)c(C(F)(F)F)c4)C3(C)C)cc2)C(C)(C)C)cc1. The number of hydrogen-bond acceptors (Lipinski definition) is 12. The number of pyridine rings is 1. The molecule has 71 heavy (non-hydrogen) atoms. The number of amides is 4. The summed E-state index contributed by atoms with van der Waals surface area (Å²) in [6, 6.07) is 14.5. The summed E-state index contributed by atoms with van der Waals surface area (Å²) in [4.78, 5) is 64.6. The summed E-state index contributed by atoms with van der Waals surface area (Å²) in [5, 5.41) is 32.0. The third-order valence-electron chi connectivity index (χ3n) is 13.4. The number of rotatable bonds is 19. The molecule has 3 heterocycles. The molecule has 2 aliphatic rings. The monoisotopic (exact) mass is 1000 g/mol. The lowest BCUT2D eigenvalue weighted by atomic mass is 9.49. The van der Waals surface area contributed by atoms with Crippen LogP contribution in [0.3, 0.4) is 0 Å². The summed E-state index contributed by atoms with van der Waals surface area (Å²) in [6.45, 7) is 17.5. The number of halogens is 3. The zero-order chi connectivity index (χ0) is 52.1. The van der Waals surface area contributed by atoms with Crippen molar-refractivity contribution in [1.82, 2.24) is 30.8 Å². The Kier molecular flexibility index (Phi) is 16.9. The maximum Gasteiger partial charge on any atom is 0.419 e. The number of benzene rings is 2. The number of carbonyl (C=O) groups excluding carboxylic acids is 4. The molecule has 4 aromatic rings. The van der Waals surface area contributed by atoms with Gasteiger partial charge >= 0.3 is 6.18 Å². The minimum absolute atomic E-state index is 0.0344. The third-order valence-corrected chi connectivity index (χ3v) is 14.4. The van der Waals surface area contributed by atoms with Crippen LogP contribution in [-0.4, -0.2) is 100 Å². The van der Waals surface area contributed by atoms with E-state index >= 15 is 0 Å². The highest BCUT2D eigenvalue weighted by molar-refractivity contribution is 7.13. The molecule has 4 amide bonds. The number of unbranched alkanes of at least 4 members (excludes halogenated alkanes) is 2. The number of ether oxygens (including phenoxy) is 2. The Morgan fingerprint density at radius 1 is 0.972 bits per heavy atom. The highest BCUT2D eigenvalue weighted by Crippen LogP contribution is 2.55. The average molecular weight is 1000 g/mol. The number of aryl methyl sites for hydroxylation is 1. The molecule has 0 spiro atoms. The molecule has 6 rings (SSSR count). The fourth-order valence-electron chi connectivity index (χ4n) is 9.83.